The van der Waals surface area contributed by atoms with E-state index in [0.717, 1.165) is 10.5 Å². The number of carboxylic acids is 2. The lowest BCUT2D eigenvalue weighted by molar-refractivity contribution is 0.0686. The van der Waals surface area contributed by atoms with Gasteiger partial charge in [-0.25, -0.2) is 9.59 Å². The van der Waals surface area contributed by atoms with Gasteiger partial charge in [0.05, 0.1) is 11.1 Å². The van der Waals surface area contributed by atoms with Crippen LogP contribution < -0.4 is 0 Å². The van der Waals surface area contributed by atoms with Gasteiger partial charge in [-0.3, -0.25) is 0 Å². The number of aromatic carboxylic acids is 2. The SMILES string of the molecule is C[SiH2]O[SiH3].O=C(O)c1ccccc1.O=C(O)c1ccccc1. The molecule has 22 heavy (non-hydrogen) atoms. The lowest BCUT2D eigenvalue weighted by Crippen LogP contribution is -1.93. The second-order valence-corrected chi connectivity index (χ2v) is 6.81. The summed E-state index contributed by atoms with van der Waals surface area (Å²) < 4.78 is 4.82. The molecule has 0 spiro atoms. The van der Waals surface area contributed by atoms with Crippen LogP contribution in [0, 0.1) is 0 Å². The van der Waals surface area contributed by atoms with Crippen molar-refractivity contribution in [3.8, 4) is 0 Å². The van der Waals surface area contributed by atoms with Crippen LogP contribution in [0.3, 0.4) is 0 Å². The first-order chi connectivity index (χ1) is 10.5. The molecule has 0 amide bonds. The standard InChI is InChI=1S/2C7H6O2.CH8OSi2/c2*8-7(9)6-4-2-1-3-5-6;1-4-2-3/h2*1-5H,(H,8,9);4H2,1,3H3. The molecular formula is C15H20O5Si2. The minimum absolute atomic E-state index is 0.0139. The quantitative estimate of drug-likeness (QED) is 0.823. The summed E-state index contributed by atoms with van der Waals surface area (Å²) in [7, 11) is 0.938. The first-order valence-corrected chi connectivity index (χ1v) is 9.39. The number of carboxylic acid groups (broad SMARTS) is 2. The highest BCUT2D eigenvalue weighted by atomic mass is 28.3. The van der Waals surface area contributed by atoms with Gasteiger partial charge in [-0.05, 0) is 24.3 Å². The Bertz CT molecular complexity index is 495. The highest BCUT2D eigenvalue weighted by Gasteiger charge is 1.97. The minimum atomic E-state index is -0.879. The van der Waals surface area contributed by atoms with Crippen molar-refractivity contribution in [2.75, 3.05) is 0 Å². The molecule has 118 valence electrons. The second kappa shape index (κ2) is 12.5. The van der Waals surface area contributed by atoms with Crippen molar-refractivity contribution >= 4 is 32.2 Å². The molecule has 0 aliphatic carbocycles. The maximum Gasteiger partial charge on any atom is 0.335 e. The van der Waals surface area contributed by atoms with Crippen LogP contribution in [-0.4, -0.2) is 42.4 Å². The molecule has 5 nitrogen and oxygen atoms in total. The Balaban J connectivity index is 0.000000326. The van der Waals surface area contributed by atoms with E-state index in [1.807, 2.05) is 0 Å². The first kappa shape index (κ1) is 19.8. The van der Waals surface area contributed by atoms with Crippen LogP contribution in [0.2, 0.25) is 6.55 Å². The lowest BCUT2D eigenvalue weighted by atomic mass is 10.2. The van der Waals surface area contributed by atoms with Gasteiger partial charge in [-0.1, -0.05) is 42.9 Å². The van der Waals surface area contributed by atoms with E-state index in [9.17, 15) is 9.59 Å². The molecule has 0 unspecified atom stereocenters. The van der Waals surface area contributed by atoms with Crippen molar-refractivity contribution in [2.45, 2.75) is 6.55 Å². The first-order valence-electron chi connectivity index (χ1n) is 6.58. The zero-order valence-electron chi connectivity index (χ0n) is 12.6. The monoisotopic (exact) mass is 336 g/mol. The maximum atomic E-state index is 10.2. The topological polar surface area (TPSA) is 83.8 Å². The fourth-order valence-electron chi connectivity index (χ4n) is 1.16. The van der Waals surface area contributed by atoms with Gasteiger partial charge >= 0.3 is 11.9 Å². The van der Waals surface area contributed by atoms with E-state index in [2.05, 4.69) is 6.55 Å². The average Bonchev–Trinajstić information content (AvgIpc) is 2.57. The molecule has 0 aromatic heterocycles. The van der Waals surface area contributed by atoms with Gasteiger partial charge in [-0.15, -0.1) is 0 Å². The van der Waals surface area contributed by atoms with Crippen molar-refractivity contribution in [3.63, 3.8) is 0 Å². The van der Waals surface area contributed by atoms with Crippen LogP contribution in [0.1, 0.15) is 20.7 Å². The Hall–Kier alpha value is -2.23. The Morgan fingerprint density at radius 1 is 0.864 bits per heavy atom. The summed E-state index contributed by atoms with van der Waals surface area (Å²) in [6.07, 6.45) is 0. The molecular weight excluding hydrogens is 316 g/mol. The molecule has 2 N–H and O–H groups in total. The number of carbonyl (C=O) groups is 2. The molecule has 0 heterocycles. The van der Waals surface area contributed by atoms with Gasteiger partial charge in [0.25, 0.3) is 0 Å². The molecule has 0 saturated heterocycles. The van der Waals surface area contributed by atoms with Crippen molar-refractivity contribution in [1.82, 2.24) is 0 Å². The highest BCUT2D eigenvalue weighted by Crippen LogP contribution is 1.96. The van der Waals surface area contributed by atoms with E-state index in [4.69, 9.17) is 14.3 Å². The van der Waals surface area contributed by atoms with Gasteiger partial charge in [-0.2, -0.15) is 0 Å². The van der Waals surface area contributed by atoms with Crippen LogP contribution in [0.25, 0.3) is 0 Å². The minimum Gasteiger partial charge on any atom is -0.478 e. The summed E-state index contributed by atoms with van der Waals surface area (Å²) >= 11 is 0. The lowest BCUT2D eigenvalue weighted by Gasteiger charge is -1.88. The van der Waals surface area contributed by atoms with Crippen molar-refractivity contribution in [1.29, 1.82) is 0 Å². The number of rotatable bonds is 3. The van der Waals surface area contributed by atoms with Gasteiger partial charge in [0.2, 0.25) is 0 Å². The molecule has 0 bridgehead atoms. The molecule has 0 aliphatic heterocycles. The smallest absolute Gasteiger partial charge is 0.335 e. The highest BCUT2D eigenvalue weighted by molar-refractivity contribution is 6.32. The number of hydrogen-bond donors (Lipinski definition) is 2. The molecule has 2 aromatic rings. The van der Waals surface area contributed by atoms with Crippen molar-refractivity contribution in [2.24, 2.45) is 0 Å². The molecule has 0 radical (unpaired) electrons. The Morgan fingerprint density at radius 3 is 1.27 bits per heavy atom. The predicted molar refractivity (Wildman–Crippen MR) is 92.2 cm³/mol. The molecule has 0 aliphatic rings. The summed E-state index contributed by atoms with van der Waals surface area (Å²) in [5.41, 5.74) is 0.662. The summed E-state index contributed by atoms with van der Waals surface area (Å²) in [5, 5.41) is 16.8. The Labute approximate surface area is 135 Å². The van der Waals surface area contributed by atoms with Gasteiger partial charge in [0, 0.05) is 0 Å². The number of hydrogen-bond acceptors (Lipinski definition) is 3. The predicted octanol–water partition coefficient (Wildman–Crippen LogP) is 1.18. The molecule has 0 saturated carbocycles. The molecule has 7 heteroatoms. The summed E-state index contributed by atoms with van der Waals surface area (Å²) in [5.74, 6) is -1.76. The Morgan fingerprint density at radius 2 is 1.14 bits per heavy atom. The summed E-state index contributed by atoms with van der Waals surface area (Å²) in [4.78, 5) is 20.4. The van der Waals surface area contributed by atoms with E-state index in [0.29, 0.717) is 11.1 Å². The molecule has 2 rings (SSSR count). The third-order valence-electron chi connectivity index (χ3n) is 2.33. The average molecular weight is 336 g/mol. The van der Waals surface area contributed by atoms with Crippen molar-refractivity contribution < 1.29 is 23.9 Å². The van der Waals surface area contributed by atoms with E-state index in [1.54, 1.807) is 60.7 Å². The van der Waals surface area contributed by atoms with Crippen LogP contribution in [-0.2, 0) is 4.12 Å². The fourth-order valence-corrected chi connectivity index (χ4v) is 1.16. The van der Waals surface area contributed by atoms with Gasteiger partial charge in [0.1, 0.15) is 20.2 Å². The summed E-state index contributed by atoms with van der Waals surface area (Å²) in [6, 6.07) is 16.6. The third-order valence-corrected chi connectivity index (χ3v) is 4.64. The largest absolute Gasteiger partial charge is 0.478 e. The maximum absolute atomic E-state index is 10.2. The van der Waals surface area contributed by atoms with E-state index in [-0.39, 0.29) is 9.76 Å². The number of benzene rings is 2. The van der Waals surface area contributed by atoms with Crippen molar-refractivity contribution in [3.05, 3.63) is 71.8 Å². The fraction of sp³-hybridized carbons (Fsp3) is 0.0667. The van der Waals surface area contributed by atoms with Gasteiger partial charge < -0.3 is 14.3 Å². The van der Waals surface area contributed by atoms with E-state index < -0.39 is 11.9 Å². The van der Waals surface area contributed by atoms with E-state index in [1.165, 1.54) is 0 Å². The summed E-state index contributed by atoms with van der Waals surface area (Å²) in [6.45, 7) is 2.13. The van der Waals surface area contributed by atoms with Crippen LogP contribution in [0.5, 0.6) is 0 Å². The van der Waals surface area contributed by atoms with Crippen LogP contribution >= 0.6 is 0 Å². The molecule has 0 atom stereocenters. The third kappa shape index (κ3) is 9.64. The molecule has 0 fully saturated rings. The normalized spacial score (nSPS) is 9.32. The molecule has 2 aromatic carbocycles. The zero-order valence-corrected chi connectivity index (χ0v) is 16.0. The van der Waals surface area contributed by atoms with Crippen LogP contribution in [0.4, 0.5) is 0 Å². The van der Waals surface area contributed by atoms with Gasteiger partial charge in [0.15, 0.2) is 0 Å². The van der Waals surface area contributed by atoms with Crippen LogP contribution in [0.15, 0.2) is 60.7 Å². The zero-order chi connectivity index (χ0) is 16.8. The Kier molecular flexibility index (Phi) is 11.2. The van der Waals surface area contributed by atoms with E-state index >= 15 is 0 Å². The second-order valence-electron chi connectivity index (χ2n) is 3.92.